The Morgan fingerprint density at radius 1 is 0.897 bits per heavy atom. The van der Waals surface area contributed by atoms with Crippen molar-refractivity contribution in [3.8, 4) is 0 Å². The number of anilines is 1. The van der Waals surface area contributed by atoms with E-state index in [0.29, 0.717) is 17.8 Å². The molecule has 0 saturated heterocycles. The van der Waals surface area contributed by atoms with Gasteiger partial charge in [-0.05, 0) is 74.2 Å². The van der Waals surface area contributed by atoms with Crippen LogP contribution in [-0.4, -0.2) is 44.3 Å². The van der Waals surface area contributed by atoms with Gasteiger partial charge in [0, 0.05) is 13.1 Å². The summed E-state index contributed by atoms with van der Waals surface area (Å²) in [6.45, 7) is 9.12. The molecule has 0 aliphatic rings. The molecule has 0 bridgehead atoms. The molecule has 0 aliphatic heterocycles. The molecular formula is C30H36FN3O4S. The number of aryl methyl sites for hydroxylation is 2. The van der Waals surface area contributed by atoms with Gasteiger partial charge >= 0.3 is 0 Å². The van der Waals surface area contributed by atoms with Crippen molar-refractivity contribution >= 4 is 27.5 Å². The van der Waals surface area contributed by atoms with Crippen LogP contribution < -0.4 is 9.62 Å². The number of nitrogens with zero attached hydrogens (tertiary/aromatic N) is 2. The molecule has 0 saturated carbocycles. The molecular weight excluding hydrogens is 517 g/mol. The van der Waals surface area contributed by atoms with Gasteiger partial charge in [0.1, 0.15) is 18.4 Å². The van der Waals surface area contributed by atoms with Crippen molar-refractivity contribution in [2.75, 3.05) is 17.4 Å². The van der Waals surface area contributed by atoms with Crippen LogP contribution in [0, 0.1) is 25.6 Å². The number of benzene rings is 3. The van der Waals surface area contributed by atoms with Crippen LogP contribution in [0.1, 0.15) is 37.5 Å². The molecule has 3 rings (SSSR count). The van der Waals surface area contributed by atoms with Crippen molar-refractivity contribution in [3.05, 3.63) is 95.3 Å². The Balaban J connectivity index is 2.01. The molecule has 3 aromatic rings. The summed E-state index contributed by atoms with van der Waals surface area (Å²) in [4.78, 5) is 28.2. The third-order valence-electron chi connectivity index (χ3n) is 6.30. The predicted molar refractivity (Wildman–Crippen MR) is 151 cm³/mol. The molecule has 0 aliphatic carbocycles. The third-order valence-corrected chi connectivity index (χ3v) is 8.08. The Bertz CT molecular complexity index is 1390. The largest absolute Gasteiger partial charge is 0.354 e. The second-order valence-electron chi connectivity index (χ2n) is 10.1. The average molecular weight is 554 g/mol. The highest BCUT2D eigenvalue weighted by molar-refractivity contribution is 7.92. The molecule has 0 fully saturated rings. The molecule has 0 heterocycles. The fourth-order valence-electron chi connectivity index (χ4n) is 3.97. The van der Waals surface area contributed by atoms with Gasteiger partial charge in [0.2, 0.25) is 11.8 Å². The molecule has 0 aromatic heterocycles. The third kappa shape index (κ3) is 7.89. The van der Waals surface area contributed by atoms with E-state index in [2.05, 4.69) is 5.32 Å². The minimum atomic E-state index is -4.13. The number of carbonyl (C=O) groups excluding carboxylic acids is 2. The maximum Gasteiger partial charge on any atom is 0.264 e. The van der Waals surface area contributed by atoms with Crippen LogP contribution in [0.4, 0.5) is 10.1 Å². The zero-order valence-corrected chi connectivity index (χ0v) is 23.8. The zero-order chi connectivity index (χ0) is 28.7. The van der Waals surface area contributed by atoms with E-state index < -0.39 is 34.3 Å². The number of halogens is 1. The number of hydrogen-bond acceptors (Lipinski definition) is 4. The molecule has 2 amide bonds. The van der Waals surface area contributed by atoms with Crippen LogP contribution in [0.15, 0.2) is 77.7 Å². The Morgan fingerprint density at radius 3 is 2.13 bits per heavy atom. The SMILES string of the molecule is Cc1ccc(S(=O)(=O)N(CC(=O)N(Cc2ccc(F)cc2)[C@@H](C)C(=O)NCC(C)C)c2cccc(C)c2)cc1. The molecule has 3 aromatic carbocycles. The van der Waals surface area contributed by atoms with Crippen molar-refractivity contribution < 1.29 is 22.4 Å². The van der Waals surface area contributed by atoms with E-state index in [0.717, 1.165) is 15.4 Å². The topological polar surface area (TPSA) is 86.8 Å². The van der Waals surface area contributed by atoms with Gasteiger partial charge in [-0.15, -0.1) is 0 Å². The summed E-state index contributed by atoms with van der Waals surface area (Å²) in [6.07, 6.45) is 0. The Kier molecular flexibility index (Phi) is 9.86. The van der Waals surface area contributed by atoms with E-state index in [-0.39, 0.29) is 23.3 Å². The molecule has 0 radical (unpaired) electrons. The molecule has 0 spiro atoms. The summed E-state index contributed by atoms with van der Waals surface area (Å²) >= 11 is 0. The summed E-state index contributed by atoms with van der Waals surface area (Å²) in [7, 11) is -4.13. The molecule has 7 nitrogen and oxygen atoms in total. The highest BCUT2D eigenvalue weighted by Crippen LogP contribution is 2.25. The summed E-state index contributed by atoms with van der Waals surface area (Å²) in [5.41, 5.74) is 2.67. The Morgan fingerprint density at radius 2 is 1.54 bits per heavy atom. The standard InChI is InChI=1S/C30H36FN3O4S/c1-21(2)18-32-30(36)24(5)33(19-25-11-13-26(31)14-12-25)29(35)20-34(27-8-6-7-23(4)17-27)39(37,38)28-15-9-22(3)10-16-28/h6-17,21,24H,18-20H2,1-5H3,(H,32,36)/t24-/m0/s1. The van der Waals surface area contributed by atoms with Gasteiger partial charge in [0.05, 0.1) is 10.6 Å². The summed E-state index contributed by atoms with van der Waals surface area (Å²) < 4.78 is 42.3. The summed E-state index contributed by atoms with van der Waals surface area (Å²) in [5.74, 6) is -1.14. The fourth-order valence-corrected chi connectivity index (χ4v) is 5.38. The first kappa shape index (κ1) is 29.8. The average Bonchev–Trinajstić information content (AvgIpc) is 2.89. The number of hydrogen-bond donors (Lipinski definition) is 1. The van der Waals surface area contributed by atoms with Crippen LogP contribution in [0.25, 0.3) is 0 Å². The molecule has 0 unspecified atom stereocenters. The highest BCUT2D eigenvalue weighted by Gasteiger charge is 2.32. The van der Waals surface area contributed by atoms with Crippen LogP contribution in [-0.2, 0) is 26.2 Å². The van der Waals surface area contributed by atoms with E-state index in [1.807, 2.05) is 33.8 Å². The fraction of sp³-hybridized carbons (Fsp3) is 0.333. The van der Waals surface area contributed by atoms with Crippen molar-refractivity contribution in [1.29, 1.82) is 0 Å². The van der Waals surface area contributed by atoms with Gasteiger partial charge in [-0.1, -0.05) is 55.8 Å². The van der Waals surface area contributed by atoms with Crippen LogP contribution in [0.5, 0.6) is 0 Å². The lowest BCUT2D eigenvalue weighted by Gasteiger charge is -2.32. The van der Waals surface area contributed by atoms with Crippen molar-refractivity contribution in [1.82, 2.24) is 10.2 Å². The lowest BCUT2D eigenvalue weighted by molar-refractivity contribution is -0.139. The first-order valence-electron chi connectivity index (χ1n) is 12.9. The van der Waals surface area contributed by atoms with E-state index >= 15 is 0 Å². The van der Waals surface area contributed by atoms with E-state index in [1.54, 1.807) is 37.3 Å². The first-order valence-corrected chi connectivity index (χ1v) is 14.3. The second kappa shape index (κ2) is 12.9. The van der Waals surface area contributed by atoms with E-state index in [4.69, 9.17) is 0 Å². The minimum Gasteiger partial charge on any atom is -0.354 e. The number of sulfonamides is 1. The van der Waals surface area contributed by atoms with Gasteiger partial charge in [-0.25, -0.2) is 12.8 Å². The monoisotopic (exact) mass is 553 g/mol. The highest BCUT2D eigenvalue weighted by atomic mass is 32.2. The molecule has 9 heteroatoms. The van der Waals surface area contributed by atoms with Crippen LogP contribution >= 0.6 is 0 Å². The van der Waals surface area contributed by atoms with Gasteiger partial charge in [-0.2, -0.15) is 0 Å². The maximum atomic E-state index is 13.9. The lowest BCUT2D eigenvalue weighted by Crippen LogP contribution is -2.51. The maximum absolute atomic E-state index is 13.9. The smallest absolute Gasteiger partial charge is 0.264 e. The number of carbonyl (C=O) groups is 2. The molecule has 208 valence electrons. The second-order valence-corrected chi connectivity index (χ2v) is 12.0. The van der Waals surface area contributed by atoms with Crippen LogP contribution in [0.3, 0.4) is 0 Å². The number of amides is 2. The normalized spacial score (nSPS) is 12.2. The van der Waals surface area contributed by atoms with Gasteiger partial charge in [-0.3, -0.25) is 13.9 Å². The lowest BCUT2D eigenvalue weighted by atomic mass is 10.1. The first-order chi connectivity index (χ1) is 18.4. The molecule has 39 heavy (non-hydrogen) atoms. The molecule has 1 atom stereocenters. The summed E-state index contributed by atoms with van der Waals surface area (Å²) in [5, 5.41) is 2.84. The Hall–Kier alpha value is -3.72. The van der Waals surface area contributed by atoms with Gasteiger partial charge < -0.3 is 10.2 Å². The number of rotatable bonds is 11. The van der Waals surface area contributed by atoms with Gasteiger partial charge in [0.15, 0.2) is 0 Å². The number of nitrogens with one attached hydrogen (secondary N) is 1. The zero-order valence-electron chi connectivity index (χ0n) is 23.0. The quantitative estimate of drug-likeness (QED) is 0.369. The Labute approximate surface area is 230 Å². The van der Waals surface area contributed by atoms with E-state index in [1.165, 1.54) is 41.3 Å². The van der Waals surface area contributed by atoms with Crippen molar-refractivity contribution in [2.45, 2.75) is 52.1 Å². The van der Waals surface area contributed by atoms with Gasteiger partial charge in [0.25, 0.3) is 10.0 Å². The van der Waals surface area contributed by atoms with E-state index in [9.17, 15) is 22.4 Å². The summed E-state index contributed by atoms with van der Waals surface area (Å²) in [6, 6.07) is 18.0. The molecule has 1 N–H and O–H groups in total. The minimum absolute atomic E-state index is 0.00160. The predicted octanol–water partition coefficient (Wildman–Crippen LogP) is 4.83. The van der Waals surface area contributed by atoms with Crippen LogP contribution in [0.2, 0.25) is 0 Å². The van der Waals surface area contributed by atoms with Crippen molar-refractivity contribution in [2.24, 2.45) is 5.92 Å². The van der Waals surface area contributed by atoms with Crippen molar-refractivity contribution in [3.63, 3.8) is 0 Å².